The Bertz CT molecular complexity index is 1150. The molecule has 1 N–H and O–H groups in total. The van der Waals surface area contributed by atoms with Gasteiger partial charge in [-0.25, -0.2) is 0 Å². The predicted molar refractivity (Wildman–Crippen MR) is 123 cm³/mol. The quantitative estimate of drug-likeness (QED) is 0.321. The van der Waals surface area contributed by atoms with Gasteiger partial charge in [0.15, 0.2) is 0 Å². The summed E-state index contributed by atoms with van der Waals surface area (Å²) < 4.78 is 6.76. The summed E-state index contributed by atoms with van der Waals surface area (Å²) in [5.74, 6) is 0.0424. The third kappa shape index (κ3) is 5.73. The van der Waals surface area contributed by atoms with Gasteiger partial charge < -0.3 is 10.1 Å². The highest BCUT2D eigenvalue weighted by Gasteiger charge is 2.11. The predicted octanol–water partition coefficient (Wildman–Crippen LogP) is 6.54. The maximum atomic E-state index is 12.4. The minimum atomic E-state index is -0.478. The molecule has 30 heavy (non-hydrogen) atoms. The Balaban J connectivity index is 1.72. The molecule has 0 atom stereocenters. The van der Waals surface area contributed by atoms with E-state index in [0.717, 1.165) is 15.6 Å². The molecule has 3 aromatic carbocycles. The van der Waals surface area contributed by atoms with Crippen molar-refractivity contribution < 1.29 is 9.53 Å². The number of nitriles is 1. The van der Waals surface area contributed by atoms with E-state index in [4.69, 9.17) is 16.3 Å². The van der Waals surface area contributed by atoms with E-state index in [-0.39, 0.29) is 5.57 Å². The van der Waals surface area contributed by atoms with E-state index in [2.05, 4.69) is 21.2 Å². The van der Waals surface area contributed by atoms with Crippen LogP contribution in [0, 0.1) is 18.3 Å². The van der Waals surface area contributed by atoms with Crippen molar-refractivity contribution in [2.24, 2.45) is 0 Å². The molecule has 0 spiro atoms. The molecule has 3 aromatic rings. The summed E-state index contributed by atoms with van der Waals surface area (Å²) >= 11 is 9.83. The Morgan fingerprint density at radius 2 is 1.97 bits per heavy atom. The van der Waals surface area contributed by atoms with Crippen LogP contribution in [0.25, 0.3) is 6.08 Å². The lowest BCUT2D eigenvalue weighted by molar-refractivity contribution is -0.112. The summed E-state index contributed by atoms with van der Waals surface area (Å²) in [5.41, 5.74) is 3.26. The first kappa shape index (κ1) is 21.6. The summed E-state index contributed by atoms with van der Waals surface area (Å²) in [6.07, 6.45) is 1.49. The van der Waals surface area contributed by atoms with Crippen molar-refractivity contribution in [3.05, 3.63) is 98.5 Å². The third-order valence-electron chi connectivity index (χ3n) is 4.25. The van der Waals surface area contributed by atoms with E-state index in [9.17, 15) is 10.1 Å². The third-order valence-corrected chi connectivity index (χ3v) is 5.32. The average molecular weight is 482 g/mol. The number of carbonyl (C=O) groups excluding carboxylic acids is 1. The first-order chi connectivity index (χ1) is 14.5. The molecule has 0 aliphatic carbocycles. The highest BCUT2D eigenvalue weighted by atomic mass is 79.9. The Hall–Kier alpha value is -3.07. The van der Waals surface area contributed by atoms with Crippen LogP contribution in [0.4, 0.5) is 5.69 Å². The van der Waals surface area contributed by atoms with Crippen LogP contribution in [-0.2, 0) is 11.4 Å². The van der Waals surface area contributed by atoms with Crippen LogP contribution in [-0.4, -0.2) is 5.91 Å². The van der Waals surface area contributed by atoms with Crippen LogP contribution in [0.5, 0.6) is 5.75 Å². The number of ether oxygens (including phenoxy) is 1. The average Bonchev–Trinajstić information content (AvgIpc) is 2.72. The van der Waals surface area contributed by atoms with E-state index >= 15 is 0 Å². The van der Waals surface area contributed by atoms with Crippen molar-refractivity contribution in [2.45, 2.75) is 13.5 Å². The number of benzene rings is 3. The number of halogens is 2. The second-order valence-electron chi connectivity index (χ2n) is 6.56. The first-order valence-electron chi connectivity index (χ1n) is 9.12. The standard InChI is InChI=1S/C24H18BrClN2O2/c1-16-5-4-7-20(11-16)28-24(29)19(14-27)12-17-9-10-23(22(26)13-17)30-15-18-6-2-3-8-21(18)25/h2-13H,15H2,1H3,(H,28,29)/b19-12+. The molecule has 0 radical (unpaired) electrons. The van der Waals surface area contributed by atoms with Gasteiger partial charge in [0, 0.05) is 15.7 Å². The lowest BCUT2D eigenvalue weighted by atomic mass is 10.1. The Morgan fingerprint density at radius 1 is 1.17 bits per heavy atom. The normalized spacial score (nSPS) is 10.9. The maximum Gasteiger partial charge on any atom is 0.266 e. The first-order valence-corrected chi connectivity index (χ1v) is 10.3. The number of nitrogens with one attached hydrogen (secondary N) is 1. The molecule has 1 amide bonds. The molecule has 0 unspecified atom stereocenters. The van der Waals surface area contributed by atoms with Gasteiger partial charge in [-0.1, -0.05) is 63.9 Å². The highest BCUT2D eigenvalue weighted by molar-refractivity contribution is 9.10. The van der Waals surface area contributed by atoms with Gasteiger partial charge in [0.25, 0.3) is 5.91 Å². The van der Waals surface area contributed by atoms with Gasteiger partial charge in [-0.3, -0.25) is 4.79 Å². The molecule has 0 heterocycles. The topological polar surface area (TPSA) is 62.1 Å². The second kappa shape index (κ2) is 10.1. The van der Waals surface area contributed by atoms with Gasteiger partial charge in [0.2, 0.25) is 0 Å². The molecule has 4 nitrogen and oxygen atoms in total. The number of amides is 1. The van der Waals surface area contributed by atoms with E-state index in [1.54, 1.807) is 24.3 Å². The van der Waals surface area contributed by atoms with Gasteiger partial charge in [0.05, 0.1) is 5.02 Å². The van der Waals surface area contributed by atoms with Crippen molar-refractivity contribution >= 4 is 45.2 Å². The summed E-state index contributed by atoms with van der Waals surface area (Å²) in [6.45, 7) is 2.29. The van der Waals surface area contributed by atoms with E-state index < -0.39 is 5.91 Å². The monoisotopic (exact) mass is 480 g/mol. The number of rotatable bonds is 6. The zero-order valence-corrected chi connectivity index (χ0v) is 18.5. The number of hydrogen-bond donors (Lipinski definition) is 1. The van der Waals surface area contributed by atoms with Crippen LogP contribution >= 0.6 is 27.5 Å². The molecular weight excluding hydrogens is 464 g/mol. The molecule has 0 aromatic heterocycles. The molecular formula is C24H18BrClN2O2. The molecule has 0 aliphatic heterocycles. The molecule has 0 saturated heterocycles. The Morgan fingerprint density at radius 3 is 2.67 bits per heavy atom. The van der Waals surface area contributed by atoms with Gasteiger partial charge in [-0.05, 0) is 54.5 Å². The molecule has 3 rings (SSSR count). The SMILES string of the molecule is Cc1cccc(NC(=O)/C(C#N)=C/c2ccc(OCc3ccccc3Br)c(Cl)c2)c1. The molecule has 0 saturated carbocycles. The number of hydrogen-bond acceptors (Lipinski definition) is 3. The van der Waals surface area contributed by atoms with Crippen molar-refractivity contribution in [1.29, 1.82) is 5.26 Å². The van der Waals surface area contributed by atoms with Gasteiger partial charge in [-0.15, -0.1) is 0 Å². The minimum absolute atomic E-state index is 0.0190. The molecule has 0 aliphatic rings. The highest BCUT2D eigenvalue weighted by Crippen LogP contribution is 2.28. The molecule has 150 valence electrons. The smallest absolute Gasteiger partial charge is 0.266 e. The van der Waals surface area contributed by atoms with Gasteiger partial charge in [0.1, 0.15) is 24.0 Å². The lowest BCUT2D eigenvalue weighted by Crippen LogP contribution is -2.13. The number of nitrogens with zero attached hydrogens (tertiary/aromatic N) is 1. The fraction of sp³-hybridized carbons (Fsp3) is 0.0833. The van der Waals surface area contributed by atoms with Crippen LogP contribution in [0.15, 0.2) is 76.8 Å². The fourth-order valence-electron chi connectivity index (χ4n) is 2.73. The maximum absolute atomic E-state index is 12.4. The van der Waals surface area contributed by atoms with E-state index in [1.807, 2.05) is 55.5 Å². The summed E-state index contributed by atoms with van der Waals surface area (Å²) in [5, 5.41) is 12.5. The van der Waals surface area contributed by atoms with Crippen LogP contribution in [0.3, 0.4) is 0 Å². The van der Waals surface area contributed by atoms with Crippen molar-refractivity contribution in [2.75, 3.05) is 5.32 Å². The van der Waals surface area contributed by atoms with Crippen LogP contribution in [0.1, 0.15) is 16.7 Å². The van der Waals surface area contributed by atoms with Crippen LogP contribution < -0.4 is 10.1 Å². The summed E-state index contributed by atoms with van der Waals surface area (Å²) in [4.78, 5) is 12.4. The second-order valence-corrected chi connectivity index (χ2v) is 7.82. The molecule has 6 heteroatoms. The van der Waals surface area contributed by atoms with E-state index in [0.29, 0.717) is 28.6 Å². The zero-order valence-electron chi connectivity index (χ0n) is 16.2. The summed E-state index contributed by atoms with van der Waals surface area (Å²) in [7, 11) is 0. The van der Waals surface area contributed by atoms with Crippen LogP contribution in [0.2, 0.25) is 5.02 Å². The number of aryl methyl sites for hydroxylation is 1. The zero-order chi connectivity index (χ0) is 21.5. The van der Waals surface area contributed by atoms with Crippen molar-refractivity contribution in [3.8, 4) is 11.8 Å². The fourth-order valence-corrected chi connectivity index (χ4v) is 3.37. The largest absolute Gasteiger partial charge is 0.487 e. The number of carbonyl (C=O) groups is 1. The Labute approximate surface area is 188 Å². The Kier molecular flexibility index (Phi) is 7.29. The van der Waals surface area contributed by atoms with Gasteiger partial charge >= 0.3 is 0 Å². The van der Waals surface area contributed by atoms with Gasteiger partial charge in [-0.2, -0.15) is 5.26 Å². The van der Waals surface area contributed by atoms with Crippen molar-refractivity contribution in [3.63, 3.8) is 0 Å². The minimum Gasteiger partial charge on any atom is -0.487 e. The molecule has 0 fully saturated rings. The lowest BCUT2D eigenvalue weighted by Gasteiger charge is -2.10. The number of anilines is 1. The van der Waals surface area contributed by atoms with Crippen molar-refractivity contribution in [1.82, 2.24) is 0 Å². The molecule has 0 bridgehead atoms. The van der Waals surface area contributed by atoms with E-state index in [1.165, 1.54) is 6.08 Å². The summed E-state index contributed by atoms with van der Waals surface area (Å²) in [6, 6.07) is 22.2.